The van der Waals surface area contributed by atoms with E-state index in [1.54, 1.807) is 6.07 Å². The Morgan fingerprint density at radius 2 is 1.94 bits per heavy atom. The maximum Gasteiger partial charge on any atom is 0.126 e. The molecule has 1 aromatic rings. The zero-order chi connectivity index (χ0) is 13.4. The summed E-state index contributed by atoms with van der Waals surface area (Å²) in [5, 5.41) is 0. The van der Waals surface area contributed by atoms with E-state index in [4.69, 9.17) is 11.6 Å². The van der Waals surface area contributed by atoms with Gasteiger partial charge in [0.1, 0.15) is 5.82 Å². The van der Waals surface area contributed by atoms with Crippen LogP contribution in [0, 0.1) is 11.7 Å². The highest BCUT2D eigenvalue weighted by Crippen LogP contribution is 2.30. The van der Waals surface area contributed by atoms with Gasteiger partial charge in [-0.25, -0.2) is 4.39 Å². The van der Waals surface area contributed by atoms with E-state index < -0.39 is 0 Å². The Hall–Kier alpha value is -0.560. The number of halogens is 2. The zero-order valence-corrected chi connectivity index (χ0v) is 12.2. The van der Waals surface area contributed by atoms with Crippen molar-refractivity contribution in [3.8, 4) is 0 Å². The van der Waals surface area contributed by atoms with Crippen LogP contribution in [0.2, 0.25) is 0 Å². The van der Waals surface area contributed by atoms with Gasteiger partial charge < -0.3 is 0 Å². The van der Waals surface area contributed by atoms with Crippen LogP contribution < -0.4 is 0 Å². The van der Waals surface area contributed by atoms with Crippen LogP contribution in [0.4, 0.5) is 4.39 Å². The lowest BCUT2D eigenvalue weighted by molar-refractivity contribution is 0.391. The first kappa shape index (κ1) is 15.5. The molecular weight excluding hydrogens is 247 g/mol. The van der Waals surface area contributed by atoms with Crippen molar-refractivity contribution < 1.29 is 4.39 Å². The lowest BCUT2D eigenvalue weighted by Gasteiger charge is -2.21. The fourth-order valence-corrected chi connectivity index (χ4v) is 2.76. The van der Waals surface area contributed by atoms with Gasteiger partial charge in [0.15, 0.2) is 0 Å². The van der Waals surface area contributed by atoms with Crippen LogP contribution in [0.25, 0.3) is 0 Å². The Labute approximate surface area is 116 Å². The van der Waals surface area contributed by atoms with Crippen molar-refractivity contribution in [3.05, 3.63) is 35.6 Å². The zero-order valence-electron chi connectivity index (χ0n) is 11.5. The largest absolute Gasteiger partial charge is 0.207 e. The number of hydrogen-bond acceptors (Lipinski definition) is 0. The Morgan fingerprint density at radius 1 is 1.22 bits per heavy atom. The van der Waals surface area contributed by atoms with Crippen LogP contribution in [0.1, 0.15) is 57.4 Å². The first-order chi connectivity index (χ1) is 8.72. The molecule has 0 amide bonds. The molecule has 1 rings (SSSR count). The SMILES string of the molecule is CCCCC(CC)CC(CCl)c1ccccc1F. The van der Waals surface area contributed by atoms with E-state index in [-0.39, 0.29) is 11.7 Å². The van der Waals surface area contributed by atoms with Crippen molar-refractivity contribution in [3.63, 3.8) is 0 Å². The van der Waals surface area contributed by atoms with E-state index in [2.05, 4.69) is 13.8 Å². The molecule has 0 aliphatic carbocycles. The Kier molecular flexibility index (Phi) is 7.34. The summed E-state index contributed by atoms with van der Waals surface area (Å²) >= 11 is 6.04. The number of alkyl halides is 1. The van der Waals surface area contributed by atoms with E-state index in [1.165, 1.54) is 25.3 Å². The summed E-state index contributed by atoms with van der Waals surface area (Å²) in [4.78, 5) is 0. The predicted molar refractivity (Wildman–Crippen MR) is 77.8 cm³/mol. The van der Waals surface area contributed by atoms with Crippen molar-refractivity contribution in [2.45, 2.75) is 51.9 Å². The molecule has 2 unspecified atom stereocenters. The molecule has 2 heteroatoms. The molecule has 0 N–H and O–H groups in total. The van der Waals surface area contributed by atoms with Gasteiger partial charge in [-0.3, -0.25) is 0 Å². The summed E-state index contributed by atoms with van der Waals surface area (Å²) in [6, 6.07) is 7.03. The van der Waals surface area contributed by atoms with Gasteiger partial charge in [0.05, 0.1) is 0 Å². The molecule has 0 saturated heterocycles. The molecule has 0 heterocycles. The molecule has 18 heavy (non-hydrogen) atoms. The molecule has 102 valence electrons. The summed E-state index contributed by atoms with van der Waals surface area (Å²) in [6.07, 6.45) is 5.87. The summed E-state index contributed by atoms with van der Waals surface area (Å²) in [5.41, 5.74) is 0.780. The first-order valence-electron chi connectivity index (χ1n) is 7.03. The number of benzene rings is 1. The smallest absolute Gasteiger partial charge is 0.126 e. The third kappa shape index (κ3) is 4.61. The van der Waals surface area contributed by atoms with Gasteiger partial charge in [-0.15, -0.1) is 11.6 Å². The quantitative estimate of drug-likeness (QED) is 0.527. The number of hydrogen-bond donors (Lipinski definition) is 0. The molecule has 0 aromatic heterocycles. The summed E-state index contributed by atoms with van der Waals surface area (Å²) in [5.74, 6) is 1.19. The van der Waals surface area contributed by atoms with Crippen molar-refractivity contribution in [1.82, 2.24) is 0 Å². The van der Waals surface area contributed by atoms with Crippen LogP contribution in [0.5, 0.6) is 0 Å². The molecular formula is C16H24ClF. The second-order valence-electron chi connectivity index (χ2n) is 5.02. The lowest BCUT2D eigenvalue weighted by Crippen LogP contribution is -2.10. The summed E-state index contributed by atoms with van der Waals surface area (Å²) < 4.78 is 13.8. The Morgan fingerprint density at radius 3 is 2.50 bits per heavy atom. The predicted octanol–water partition coefficient (Wildman–Crippen LogP) is 5.75. The molecule has 1 aromatic carbocycles. The second kappa shape index (κ2) is 8.53. The minimum absolute atomic E-state index is 0.117. The van der Waals surface area contributed by atoms with Gasteiger partial charge in [0.25, 0.3) is 0 Å². The van der Waals surface area contributed by atoms with Gasteiger partial charge in [0.2, 0.25) is 0 Å². The maximum atomic E-state index is 13.8. The standard InChI is InChI=1S/C16H24ClF/c1-3-5-8-13(4-2)11-14(12-17)15-9-6-7-10-16(15)18/h6-7,9-10,13-14H,3-5,8,11-12H2,1-2H3. The highest BCUT2D eigenvalue weighted by Gasteiger charge is 2.18. The fraction of sp³-hybridized carbons (Fsp3) is 0.625. The van der Waals surface area contributed by atoms with Crippen LogP contribution in [0.3, 0.4) is 0 Å². The van der Waals surface area contributed by atoms with Gasteiger partial charge in [-0.1, -0.05) is 57.7 Å². The van der Waals surface area contributed by atoms with Crippen molar-refractivity contribution >= 4 is 11.6 Å². The average Bonchev–Trinajstić information content (AvgIpc) is 2.40. The Balaban J connectivity index is 2.68. The van der Waals surface area contributed by atoms with E-state index in [0.717, 1.165) is 18.4 Å². The summed E-state index contributed by atoms with van der Waals surface area (Å²) in [7, 11) is 0. The van der Waals surface area contributed by atoms with Gasteiger partial charge >= 0.3 is 0 Å². The molecule has 0 bridgehead atoms. The molecule has 0 nitrogen and oxygen atoms in total. The van der Waals surface area contributed by atoms with Crippen LogP contribution >= 0.6 is 11.6 Å². The number of unbranched alkanes of at least 4 members (excludes halogenated alkanes) is 1. The van der Waals surface area contributed by atoms with Crippen molar-refractivity contribution in [2.24, 2.45) is 5.92 Å². The summed E-state index contributed by atoms with van der Waals surface area (Å²) in [6.45, 7) is 4.43. The van der Waals surface area contributed by atoms with E-state index in [0.29, 0.717) is 11.8 Å². The molecule has 2 atom stereocenters. The van der Waals surface area contributed by atoms with Crippen LogP contribution in [0.15, 0.2) is 24.3 Å². The van der Waals surface area contributed by atoms with E-state index in [1.807, 2.05) is 12.1 Å². The molecule has 0 radical (unpaired) electrons. The minimum Gasteiger partial charge on any atom is -0.207 e. The normalized spacial score (nSPS) is 14.4. The lowest BCUT2D eigenvalue weighted by atomic mass is 9.86. The van der Waals surface area contributed by atoms with Gasteiger partial charge in [-0.05, 0) is 24.0 Å². The van der Waals surface area contributed by atoms with Gasteiger partial charge in [-0.2, -0.15) is 0 Å². The van der Waals surface area contributed by atoms with Crippen molar-refractivity contribution in [2.75, 3.05) is 5.88 Å². The molecule has 0 saturated carbocycles. The van der Waals surface area contributed by atoms with Gasteiger partial charge in [0, 0.05) is 11.8 Å². The molecule has 0 spiro atoms. The fourth-order valence-electron chi connectivity index (χ4n) is 2.46. The van der Waals surface area contributed by atoms with Crippen LogP contribution in [-0.2, 0) is 0 Å². The molecule has 0 fully saturated rings. The topological polar surface area (TPSA) is 0 Å². The number of rotatable bonds is 8. The Bertz CT molecular complexity index is 338. The van der Waals surface area contributed by atoms with Crippen molar-refractivity contribution in [1.29, 1.82) is 0 Å². The average molecular weight is 271 g/mol. The highest BCUT2D eigenvalue weighted by atomic mass is 35.5. The highest BCUT2D eigenvalue weighted by molar-refractivity contribution is 6.18. The second-order valence-corrected chi connectivity index (χ2v) is 5.33. The maximum absolute atomic E-state index is 13.8. The molecule has 0 aliphatic rings. The third-order valence-electron chi connectivity index (χ3n) is 3.69. The molecule has 0 aliphatic heterocycles. The third-order valence-corrected chi connectivity index (χ3v) is 4.06. The van der Waals surface area contributed by atoms with Crippen LogP contribution in [-0.4, -0.2) is 5.88 Å². The van der Waals surface area contributed by atoms with E-state index >= 15 is 0 Å². The minimum atomic E-state index is -0.117. The monoisotopic (exact) mass is 270 g/mol. The van der Waals surface area contributed by atoms with E-state index in [9.17, 15) is 4.39 Å². The first-order valence-corrected chi connectivity index (χ1v) is 7.56.